The molecule has 6 N–H and O–H groups in total. The smallest absolute Gasteiger partial charge is 0.337 e. The summed E-state index contributed by atoms with van der Waals surface area (Å²) in [6, 6.07) is 4.22. The molecular formula is C25H32O13. The van der Waals surface area contributed by atoms with Gasteiger partial charge in [-0.1, -0.05) is 12.1 Å². The van der Waals surface area contributed by atoms with Gasteiger partial charge in [-0.3, -0.25) is 4.79 Å². The van der Waals surface area contributed by atoms with Crippen molar-refractivity contribution in [2.75, 3.05) is 20.3 Å². The number of carbonyl (C=O) groups excluding carboxylic acids is 2. The molecule has 210 valence electrons. The third kappa shape index (κ3) is 6.62. The molecule has 1 aromatic carbocycles. The predicted octanol–water partition coefficient (Wildman–Crippen LogP) is -0.778. The van der Waals surface area contributed by atoms with E-state index in [0.29, 0.717) is 5.56 Å². The molecule has 3 rings (SSSR count). The molecule has 0 saturated carbocycles. The summed E-state index contributed by atoms with van der Waals surface area (Å²) in [5.41, 5.74) is 0.623. The van der Waals surface area contributed by atoms with Gasteiger partial charge in [-0.15, -0.1) is 6.58 Å². The zero-order chi connectivity index (χ0) is 28.0. The van der Waals surface area contributed by atoms with Crippen molar-refractivity contribution in [3.05, 3.63) is 48.3 Å². The van der Waals surface area contributed by atoms with Crippen LogP contribution in [0.3, 0.4) is 0 Å². The van der Waals surface area contributed by atoms with Crippen molar-refractivity contribution in [3.8, 4) is 11.5 Å². The molecule has 0 bridgehead atoms. The summed E-state index contributed by atoms with van der Waals surface area (Å²) in [6.07, 6.45) is -6.59. The molecule has 13 nitrogen and oxygen atoms in total. The van der Waals surface area contributed by atoms with Crippen molar-refractivity contribution in [2.24, 2.45) is 11.8 Å². The molecule has 0 aliphatic carbocycles. The van der Waals surface area contributed by atoms with E-state index in [-0.39, 0.29) is 36.5 Å². The van der Waals surface area contributed by atoms with Crippen LogP contribution < -0.4 is 0 Å². The minimum Gasteiger partial charge on any atom is -0.504 e. The average molecular weight is 541 g/mol. The van der Waals surface area contributed by atoms with Crippen LogP contribution in [0.4, 0.5) is 0 Å². The predicted molar refractivity (Wildman–Crippen MR) is 126 cm³/mol. The van der Waals surface area contributed by atoms with Gasteiger partial charge in [0.1, 0.15) is 24.4 Å². The molecule has 2 heterocycles. The molecule has 1 aromatic rings. The molecule has 2 aliphatic rings. The zero-order valence-corrected chi connectivity index (χ0v) is 20.6. The topological polar surface area (TPSA) is 202 Å². The highest BCUT2D eigenvalue weighted by Crippen LogP contribution is 2.37. The SMILES string of the molecule is C=C[C@H]1[C@H](O[C@H]2O[C@@H](CO)[C@H](O)[C@H](O)[C@H]2O)OC=C(C(=O)OC)[C@H]1CC(=O)OCCc1ccc(O)c(O)c1. The fourth-order valence-corrected chi connectivity index (χ4v) is 4.23. The molecule has 1 fully saturated rings. The third-order valence-corrected chi connectivity index (χ3v) is 6.40. The van der Waals surface area contributed by atoms with Gasteiger partial charge in [0.15, 0.2) is 17.8 Å². The number of rotatable bonds is 10. The molecular weight excluding hydrogens is 508 g/mol. The van der Waals surface area contributed by atoms with Crippen LogP contribution in [-0.4, -0.2) is 99.9 Å². The second-order valence-corrected chi connectivity index (χ2v) is 8.82. The van der Waals surface area contributed by atoms with Gasteiger partial charge in [0.2, 0.25) is 6.29 Å². The number of carbonyl (C=O) groups is 2. The number of benzene rings is 1. The lowest BCUT2D eigenvalue weighted by Gasteiger charge is -2.42. The van der Waals surface area contributed by atoms with Crippen LogP contribution in [0.25, 0.3) is 0 Å². The molecule has 13 heteroatoms. The number of aliphatic hydroxyl groups excluding tert-OH is 4. The van der Waals surface area contributed by atoms with Crippen molar-refractivity contribution in [1.82, 2.24) is 0 Å². The average Bonchev–Trinajstić information content (AvgIpc) is 2.90. The highest BCUT2D eigenvalue weighted by atomic mass is 16.8. The van der Waals surface area contributed by atoms with E-state index in [1.54, 1.807) is 6.07 Å². The molecule has 0 spiro atoms. The molecule has 0 unspecified atom stereocenters. The first-order chi connectivity index (χ1) is 18.1. The first-order valence-electron chi connectivity index (χ1n) is 11.8. The normalized spacial score (nSPS) is 31.0. The Bertz CT molecular complexity index is 1020. The number of phenols is 2. The molecule has 38 heavy (non-hydrogen) atoms. The Kier molecular flexibility index (Phi) is 10.1. The van der Waals surface area contributed by atoms with Crippen molar-refractivity contribution in [1.29, 1.82) is 0 Å². The number of esters is 2. The molecule has 1 saturated heterocycles. The standard InChI is InChI=1S/C25H32O13/c1-3-13-14(9-19(29)35-7-6-12-4-5-16(27)17(28)8-12)15(23(33)34-2)11-36-24(13)38-25-22(32)21(31)20(30)18(10-26)37-25/h3-5,8,11,13-14,18,20-22,24-28,30-32H,1,6-7,9-10H2,2H3/t13-,14+,18+,20+,21+,22-,24+,25-/m1/s1. The second-order valence-electron chi connectivity index (χ2n) is 8.82. The van der Waals surface area contributed by atoms with Gasteiger partial charge in [0.25, 0.3) is 0 Å². The maximum Gasteiger partial charge on any atom is 0.337 e. The maximum absolute atomic E-state index is 12.7. The van der Waals surface area contributed by atoms with E-state index < -0.39 is 67.4 Å². The van der Waals surface area contributed by atoms with Gasteiger partial charge in [0, 0.05) is 18.3 Å². The van der Waals surface area contributed by atoms with E-state index in [9.17, 15) is 40.2 Å². The summed E-state index contributed by atoms with van der Waals surface area (Å²) in [6.45, 7) is 3.02. The second kappa shape index (κ2) is 13.0. The molecule has 0 aromatic heterocycles. The maximum atomic E-state index is 12.7. The summed E-state index contributed by atoms with van der Waals surface area (Å²) in [5, 5.41) is 58.7. The van der Waals surface area contributed by atoms with Crippen molar-refractivity contribution >= 4 is 11.9 Å². The van der Waals surface area contributed by atoms with Crippen LogP contribution in [0, 0.1) is 11.8 Å². The summed E-state index contributed by atoms with van der Waals surface area (Å²) in [7, 11) is 1.16. The van der Waals surface area contributed by atoms with Crippen LogP contribution in [-0.2, 0) is 39.7 Å². The Labute approximate surface area is 218 Å². The van der Waals surface area contributed by atoms with Crippen LogP contribution >= 0.6 is 0 Å². The number of ether oxygens (including phenoxy) is 5. The fourth-order valence-electron chi connectivity index (χ4n) is 4.23. The van der Waals surface area contributed by atoms with Crippen molar-refractivity contribution < 1.29 is 63.9 Å². The van der Waals surface area contributed by atoms with E-state index in [4.69, 9.17) is 23.7 Å². The number of hydrogen-bond donors (Lipinski definition) is 6. The van der Waals surface area contributed by atoms with Crippen LogP contribution in [0.15, 0.2) is 42.7 Å². The highest BCUT2D eigenvalue weighted by Gasteiger charge is 2.47. The molecule has 8 atom stereocenters. The van der Waals surface area contributed by atoms with Crippen LogP contribution in [0.5, 0.6) is 11.5 Å². The van der Waals surface area contributed by atoms with Gasteiger partial charge in [-0.05, 0) is 17.7 Å². The summed E-state index contributed by atoms with van der Waals surface area (Å²) >= 11 is 0. The van der Waals surface area contributed by atoms with Gasteiger partial charge in [-0.2, -0.15) is 0 Å². The Hall–Kier alpha value is -3.20. The summed E-state index contributed by atoms with van der Waals surface area (Å²) in [5.74, 6) is -3.75. The van der Waals surface area contributed by atoms with Gasteiger partial charge in [0.05, 0.1) is 38.6 Å². The van der Waals surface area contributed by atoms with Gasteiger partial charge in [-0.25, -0.2) is 4.79 Å². The van der Waals surface area contributed by atoms with Gasteiger partial charge >= 0.3 is 11.9 Å². The quantitative estimate of drug-likeness (QED) is 0.123. The molecule has 2 aliphatic heterocycles. The lowest BCUT2D eigenvalue weighted by Crippen LogP contribution is -2.60. The number of methoxy groups -OCH3 is 1. The van der Waals surface area contributed by atoms with Crippen LogP contribution in [0.2, 0.25) is 0 Å². The van der Waals surface area contributed by atoms with E-state index >= 15 is 0 Å². The molecule has 0 radical (unpaired) electrons. The Balaban J connectivity index is 1.70. The Morgan fingerprint density at radius 3 is 2.45 bits per heavy atom. The van der Waals surface area contributed by atoms with Crippen LogP contribution in [0.1, 0.15) is 12.0 Å². The summed E-state index contributed by atoms with van der Waals surface area (Å²) < 4.78 is 26.7. The van der Waals surface area contributed by atoms with Gasteiger partial charge < -0.3 is 54.3 Å². The first-order valence-corrected chi connectivity index (χ1v) is 11.8. The first kappa shape index (κ1) is 29.4. The fraction of sp³-hybridized carbons (Fsp3) is 0.520. The third-order valence-electron chi connectivity index (χ3n) is 6.40. The largest absolute Gasteiger partial charge is 0.504 e. The zero-order valence-electron chi connectivity index (χ0n) is 20.6. The molecule has 0 amide bonds. The number of hydrogen-bond acceptors (Lipinski definition) is 13. The van der Waals surface area contributed by atoms with E-state index in [1.165, 1.54) is 18.2 Å². The number of phenolic OH excluding ortho intramolecular Hbond substituents is 2. The Morgan fingerprint density at radius 1 is 1.08 bits per heavy atom. The van der Waals surface area contributed by atoms with Crippen molar-refractivity contribution in [2.45, 2.75) is 49.8 Å². The van der Waals surface area contributed by atoms with E-state index in [1.807, 2.05) is 0 Å². The number of aromatic hydroxyl groups is 2. The highest BCUT2D eigenvalue weighted by molar-refractivity contribution is 5.90. The monoisotopic (exact) mass is 540 g/mol. The van der Waals surface area contributed by atoms with E-state index in [2.05, 4.69) is 6.58 Å². The minimum absolute atomic E-state index is 0.00598. The lowest BCUT2D eigenvalue weighted by atomic mass is 9.81. The summed E-state index contributed by atoms with van der Waals surface area (Å²) in [4.78, 5) is 25.1. The lowest BCUT2D eigenvalue weighted by molar-refractivity contribution is -0.339. The minimum atomic E-state index is -1.70. The van der Waals surface area contributed by atoms with E-state index in [0.717, 1.165) is 13.4 Å². The number of aliphatic hydroxyl groups is 4. The van der Waals surface area contributed by atoms with Crippen molar-refractivity contribution in [3.63, 3.8) is 0 Å². The Morgan fingerprint density at radius 2 is 1.82 bits per heavy atom.